The van der Waals surface area contributed by atoms with Crippen LogP contribution >= 0.6 is 0 Å². The Morgan fingerprint density at radius 2 is 1.91 bits per heavy atom. The van der Waals surface area contributed by atoms with Crippen molar-refractivity contribution in [2.24, 2.45) is 0 Å². The zero-order valence-electron chi connectivity index (χ0n) is 20.0. The van der Waals surface area contributed by atoms with Crippen LogP contribution in [0.3, 0.4) is 0 Å². The number of hydrogen-bond donors (Lipinski definition) is 3. The van der Waals surface area contributed by atoms with Crippen LogP contribution in [-0.2, 0) is 13.0 Å². The standard InChI is InChI=1S/C26H29N7O2/c1-16-11-25(35)28-22-7-5-18(12-20(16)22)14-24(34)21-13-19(6-8-23(21)33-9-3-4-10-33)15-27-17(2)26-29-31-32-30-26/h5-8,11-13,17,27H,3-4,9-10,14-15H2,1-2H3,(H,28,35)(H,29,30,31,32). The van der Waals surface area contributed by atoms with Gasteiger partial charge in [0.2, 0.25) is 5.56 Å². The minimum absolute atomic E-state index is 0.0709. The molecular formula is C26H29N7O2. The second-order valence-corrected chi connectivity index (χ2v) is 9.21. The second-order valence-electron chi connectivity index (χ2n) is 9.21. The van der Waals surface area contributed by atoms with Crippen molar-refractivity contribution in [1.82, 2.24) is 30.9 Å². The van der Waals surface area contributed by atoms with Gasteiger partial charge in [-0.25, -0.2) is 0 Å². The van der Waals surface area contributed by atoms with E-state index in [1.54, 1.807) is 6.07 Å². The number of hydrogen-bond acceptors (Lipinski definition) is 7. The van der Waals surface area contributed by atoms with Crippen LogP contribution in [-0.4, -0.2) is 44.5 Å². The third kappa shape index (κ3) is 5.00. The Balaban J connectivity index is 1.40. The summed E-state index contributed by atoms with van der Waals surface area (Å²) in [6, 6.07) is 13.5. The molecule has 0 saturated carbocycles. The summed E-state index contributed by atoms with van der Waals surface area (Å²) in [5.74, 6) is 0.685. The highest BCUT2D eigenvalue weighted by atomic mass is 16.1. The van der Waals surface area contributed by atoms with Gasteiger partial charge in [0, 0.05) is 54.3 Å². The Labute approximate surface area is 202 Å². The van der Waals surface area contributed by atoms with Gasteiger partial charge in [-0.05, 0) is 67.6 Å². The van der Waals surface area contributed by atoms with Crippen LogP contribution in [0.1, 0.15) is 58.7 Å². The van der Waals surface area contributed by atoms with Crippen LogP contribution < -0.4 is 15.8 Å². The van der Waals surface area contributed by atoms with E-state index in [2.05, 4.69) is 48.0 Å². The molecule has 0 radical (unpaired) electrons. The quantitative estimate of drug-likeness (QED) is 0.338. The number of fused-ring (bicyclic) bond motifs is 1. The number of H-pyrrole nitrogens is 2. The van der Waals surface area contributed by atoms with Crippen molar-refractivity contribution < 1.29 is 4.79 Å². The SMILES string of the molecule is Cc1cc(=O)[nH]c2ccc(CC(=O)c3cc(CNC(C)c4nn[nH]n4)ccc3N3CCCC3)cc12. The number of nitrogens with one attached hydrogen (secondary N) is 3. The molecule has 2 aromatic heterocycles. The van der Waals surface area contributed by atoms with Crippen molar-refractivity contribution in [3.63, 3.8) is 0 Å². The number of carbonyl (C=O) groups excluding carboxylic acids is 1. The van der Waals surface area contributed by atoms with E-state index < -0.39 is 0 Å². The molecule has 180 valence electrons. The van der Waals surface area contributed by atoms with E-state index in [1.165, 1.54) is 0 Å². The van der Waals surface area contributed by atoms with Gasteiger partial charge in [-0.3, -0.25) is 9.59 Å². The highest BCUT2D eigenvalue weighted by Crippen LogP contribution is 2.28. The van der Waals surface area contributed by atoms with Gasteiger partial charge >= 0.3 is 0 Å². The van der Waals surface area contributed by atoms with E-state index in [9.17, 15) is 9.59 Å². The first-order chi connectivity index (χ1) is 17.0. The van der Waals surface area contributed by atoms with E-state index >= 15 is 0 Å². The van der Waals surface area contributed by atoms with Gasteiger partial charge < -0.3 is 15.2 Å². The molecular weight excluding hydrogens is 442 g/mol. The molecule has 0 spiro atoms. The highest BCUT2D eigenvalue weighted by Gasteiger charge is 2.21. The summed E-state index contributed by atoms with van der Waals surface area (Å²) in [5.41, 5.74) is 5.28. The predicted octanol–water partition coefficient (Wildman–Crippen LogP) is 3.23. The largest absolute Gasteiger partial charge is 0.371 e. The minimum atomic E-state index is -0.117. The number of pyridine rings is 1. The van der Waals surface area contributed by atoms with Crippen molar-refractivity contribution in [3.05, 3.63) is 80.9 Å². The minimum Gasteiger partial charge on any atom is -0.371 e. The molecule has 3 heterocycles. The summed E-state index contributed by atoms with van der Waals surface area (Å²) in [6.07, 6.45) is 2.58. The first kappa shape index (κ1) is 22.9. The molecule has 9 nitrogen and oxygen atoms in total. The second kappa shape index (κ2) is 9.79. The molecule has 9 heteroatoms. The number of carbonyl (C=O) groups is 1. The number of benzene rings is 2. The Bertz CT molecular complexity index is 1410. The molecule has 5 rings (SSSR count). The summed E-state index contributed by atoms with van der Waals surface area (Å²) in [6.45, 7) is 6.41. The van der Waals surface area contributed by atoms with Crippen molar-refractivity contribution in [3.8, 4) is 0 Å². The van der Waals surface area contributed by atoms with Crippen LogP contribution in [0.4, 0.5) is 5.69 Å². The lowest BCUT2D eigenvalue weighted by molar-refractivity contribution is 0.0993. The molecule has 3 N–H and O–H groups in total. The monoisotopic (exact) mass is 471 g/mol. The van der Waals surface area contributed by atoms with Gasteiger partial charge in [0.05, 0.1) is 6.04 Å². The van der Waals surface area contributed by atoms with E-state index in [-0.39, 0.29) is 17.4 Å². The number of ketones is 1. The van der Waals surface area contributed by atoms with E-state index in [4.69, 9.17) is 0 Å². The third-order valence-corrected chi connectivity index (χ3v) is 6.65. The van der Waals surface area contributed by atoms with Crippen molar-refractivity contribution in [2.45, 2.75) is 45.7 Å². The van der Waals surface area contributed by atoms with E-state index in [0.29, 0.717) is 18.8 Å². The maximum Gasteiger partial charge on any atom is 0.248 e. The number of nitrogens with zero attached hydrogens (tertiary/aromatic N) is 4. The zero-order chi connectivity index (χ0) is 24.4. The van der Waals surface area contributed by atoms with Crippen molar-refractivity contribution >= 4 is 22.4 Å². The number of Topliss-reactive ketones (excluding diaryl/α,β-unsaturated/α-hetero) is 1. The van der Waals surface area contributed by atoms with Gasteiger partial charge in [0.15, 0.2) is 11.6 Å². The third-order valence-electron chi connectivity index (χ3n) is 6.65. The van der Waals surface area contributed by atoms with E-state index in [1.807, 2.05) is 38.1 Å². The number of tetrazole rings is 1. The Kier molecular flexibility index (Phi) is 6.41. The fraction of sp³-hybridized carbons (Fsp3) is 0.346. The molecule has 1 atom stereocenters. The van der Waals surface area contributed by atoms with Crippen LogP contribution in [0.5, 0.6) is 0 Å². The Morgan fingerprint density at radius 3 is 2.69 bits per heavy atom. The molecule has 0 amide bonds. The van der Waals surface area contributed by atoms with Crippen LogP contribution in [0.15, 0.2) is 47.3 Å². The first-order valence-corrected chi connectivity index (χ1v) is 12.0. The predicted molar refractivity (Wildman–Crippen MR) is 135 cm³/mol. The Morgan fingerprint density at radius 1 is 1.11 bits per heavy atom. The van der Waals surface area contributed by atoms with Gasteiger partial charge in [-0.15, -0.1) is 10.2 Å². The molecule has 1 saturated heterocycles. The number of anilines is 1. The number of aromatic nitrogens is 5. The topological polar surface area (TPSA) is 120 Å². The van der Waals surface area contributed by atoms with Gasteiger partial charge in [-0.2, -0.15) is 5.21 Å². The molecule has 2 aromatic carbocycles. The molecule has 35 heavy (non-hydrogen) atoms. The average Bonchev–Trinajstić information content (AvgIpc) is 3.57. The lowest BCUT2D eigenvalue weighted by Gasteiger charge is -2.22. The highest BCUT2D eigenvalue weighted by molar-refractivity contribution is 6.03. The first-order valence-electron chi connectivity index (χ1n) is 12.0. The molecule has 1 aliphatic rings. The summed E-state index contributed by atoms with van der Waals surface area (Å²) in [4.78, 5) is 30.6. The summed E-state index contributed by atoms with van der Waals surface area (Å²) >= 11 is 0. The lowest BCUT2D eigenvalue weighted by atomic mass is 9.97. The smallest absolute Gasteiger partial charge is 0.248 e. The average molecular weight is 472 g/mol. The van der Waals surface area contributed by atoms with Gasteiger partial charge in [0.25, 0.3) is 0 Å². The van der Waals surface area contributed by atoms with Crippen LogP contribution in [0.2, 0.25) is 0 Å². The molecule has 1 aliphatic heterocycles. The van der Waals surface area contributed by atoms with Crippen LogP contribution in [0.25, 0.3) is 10.9 Å². The summed E-state index contributed by atoms with van der Waals surface area (Å²) < 4.78 is 0. The van der Waals surface area contributed by atoms with Gasteiger partial charge in [-0.1, -0.05) is 17.3 Å². The molecule has 1 unspecified atom stereocenters. The molecule has 0 bridgehead atoms. The number of rotatable bonds is 8. The molecule has 0 aliphatic carbocycles. The maximum absolute atomic E-state index is 13.6. The van der Waals surface area contributed by atoms with Crippen molar-refractivity contribution in [1.29, 1.82) is 0 Å². The number of aromatic amines is 2. The number of aryl methyl sites for hydroxylation is 1. The normalized spacial score (nSPS) is 14.5. The van der Waals surface area contributed by atoms with Crippen molar-refractivity contribution in [2.75, 3.05) is 18.0 Å². The Hall–Kier alpha value is -3.85. The zero-order valence-corrected chi connectivity index (χ0v) is 20.0. The molecule has 4 aromatic rings. The molecule has 1 fully saturated rings. The summed E-state index contributed by atoms with van der Waals surface area (Å²) in [7, 11) is 0. The van der Waals surface area contributed by atoms with E-state index in [0.717, 1.165) is 64.8 Å². The summed E-state index contributed by atoms with van der Waals surface area (Å²) in [5, 5.41) is 18.5. The van der Waals surface area contributed by atoms with Crippen LogP contribution in [0, 0.1) is 6.92 Å². The fourth-order valence-electron chi connectivity index (χ4n) is 4.73. The fourth-order valence-corrected chi connectivity index (χ4v) is 4.73. The maximum atomic E-state index is 13.6. The van der Waals surface area contributed by atoms with Gasteiger partial charge in [0.1, 0.15) is 0 Å². The lowest BCUT2D eigenvalue weighted by Crippen LogP contribution is -2.22.